The summed E-state index contributed by atoms with van der Waals surface area (Å²) in [5.41, 5.74) is 1.70. The summed E-state index contributed by atoms with van der Waals surface area (Å²) in [5.74, 6) is 0. The summed E-state index contributed by atoms with van der Waals surface area (Å²) in [6.07, 6.45) is 2.13. The first kappa shape index (κ1) is 9.39. The number of nitrogens with zero attached hydrogens (tertiary/aromatic N) is 2. The van der Waals surface area contributed by atoms with E-state index in [0.717, 1.165) is 5.69 Å². The molecule has 0 atom stereocenters. The maximum atomic E-state index is 10.7. The van der Waals surface area contributed by atoms with Crippen molar-refractivity contribution >= 4 is 5.69 Å². The fraction of sp³-hybridized carbons (Fsp3) is 0.100. The van der Waals surface area contributed by atoms with Crippen molar-refractivity contribution in [2.24, 2.45) is 0 Å². The molecule has 2 rings (SSSR count). The molecule has 5 heteroatoms. The van der Waals surface area contributed by atoms with Gasteiger partial charge in [-0.15, -0.1) is 0 Å². The molecule has 0 amide bonds. The second-order valence-electron chi connectivity index (χ2n) is 3.14. The first-order valence-corrected chi connectivity index (χ1v) is 4.48. The van der Waals surface area contributed by atoms with Gasteiger partial charge >= 0.3 is 0 Å². The van der Waals surface area contributed by atoms with Crippen molar-refractivity contribution in [3.63, 3.8) is 0 Å². The summed E-state index contributed by atoms with van der Waals surface area (Å²) in [7, 11) is 0. The summed E-state index contributed by atoms with van der Waals surface area (Å²) >= 11 is 0. The fourth-order valence-corrected chi connectivity index (χ4v) is 1.43. The Bertz CT molecular complexity index is 465. The number of nitrogens with one attached hydrogen (secondary N) is 1. The standard InChI is InChI=1S/C10H9N3O2/c14-13(15)10-4-2-1-3-8(10)7-9-5-6-11-12-9/h1-6H,7H2,(H,11,12). The molecule has 1 aromatic heterocycles. The topological polar surface area (TPSA) is 71.8 Å². The zero-order valence-corrected chi connectivity index (χ0v) is 7.88. The fourth-order valence-electron chi connectivity index (χ4n) is 1.43. The van der Waals surface area contributed by atoms with Crippen LogP contribution in [0.25, 0.3) is 0 Å². The molecule has 0 aliphatic carbocycles. The van der Waals surface area contributed by atoms with Crippen LogP contribution in [0, 0.1) is 10.1 Å². The SMILES string of the molecule is O=[N+]([O-])c1ccccc1Cc1ccn[nH]1. The Labute approximate surface area is 85.9 Å². The van der Waals surface area contributed by atoms with E-state index in [0.29, 0.717) is 12.0 Å². The largest absolute Gasteiger partial charge is 0.282 e. The van der Waals surface area contributed by atoms with Gasteiger partial charge < -0.3 is 0 Å². The Balaban J connectivity index is 2.32. The molecule has 2 aromatic rings. The van der Waals surface area contributed by atoms with E-state index in [-0.39, 0.29) is 10.6 Å². The number of benzene rings is 1. The van der Waals surface area contributed by atoms with E-state index in [9.17, 15) is 10.1 Å². The van der Waals surface area contributed by atoms with Crippen LogP contribution < -0.4 is 0 Å². The van der Waals surface area contributed by atoms with Gasteiger partial charge in [0.2, 0.25) is 0 Å². The molecule has 0 saturated heterocycles. The van der Waals surface area contributed by atoms with Crippen molar-refractivity contribution in [1.82, 2.24) is 10.2 Å². The highest BCUT2D eigenvalue weighted by Crippen LogP contribution is 2.19. The third-order valence-corrected chi connectivity index (χ3v) is 2.13. The van der Waals surface area contributed by atoms with E-state index >= 15 is 0 Å². The predicted octanol–water partition coefficient (Wildman–Crippen LogP) is 1.91. The summed E-state index contributed by atoms with van der Waals surface area (Å²) < 4.78 is 0. The minimum absolute atomic E-state index is 0.145. The number of hydrogen-bond acceptors (Lipinski definition) is 3. The van der Waals surface area contributed by atoms with E-state index in [4.69, 9.17) is 0 Å². The average Bonchev–Trinajstić information content (AvgIpc) is 2.71. The molecule has 0 spiro atoms. The number of para-hydroxylation sites is 1. The van der Waals surface area contributed by atoms with Gasteiger partial charge in [-0.3, -0.25) is 15.2 Å². The van der Waals surface area contributed by atoms with Gasteiger partial charge in [0, 0.05) is 29.9 Å². The van der Waals surface area contributed by atoms with Gasteiger partial charge in [-0.1, -0.05) is 18.2 Å². The second-order valence-corrected chi connectivity index (χ2v) is 3.14. The van der Waals surface area contributed by atoms with Crippen molar-refractivity contribution in [1.29, 1.82) is 0 Å². The molecule has 0 radical (unpaired) electrons. The molecule has 0 aliphatic heterocycles. The highest BCUT2D eigenvalue weighted by molar-refractivity contribution is 5.41. The molecule has 1 N–H and O–H groups in total. The summed E-state index contributed by atoms with van der Waals surface area (Å²) in [5, 5.41) is 17.3. The molecular weight excluding hydrogens is 194 g/mol. The first-order valence-electron chi connectivity index (χ1n) is 4.48. The van der Waals surface area contributed by atoms with Crippen LogP contribution >= 0.6 is 0 Å². The lowest BCUT2D eigenvalue weighted by Crippen LogP contribution is -1.96. The molecule has 76 valence electrons. The molecule has 15 heavy (non-hydrogen) atoms. The van der Waals surface area contributed by atoms with Crippen molar-refractivity contribution in [2.75, 3.05) is 0 Å². The molecular formula is C10H9N3O2. The Morgan fingerprint density at radius 2 is 2.13 bits per heavy atom. The van der Waals surface area contributed by atoms with Gasteiger partial charge in [-0.05, 0) is 6.07 Å². The van der Waals surface area contributed by atoms with E-state index in [1.807, 2.05) is 0 Å². The number of H-pyrrole nitrogens is 1. The maximum absolute atomic E-state index is 10.7. The van der Waals surface area contributed by atoms with Gasteiger partial charge in [0.25, 0.3) is 5.69 Å². The number of nitro benzene ring substituents is 1. The van der Waals surface area contributed by atoms with Crippen molar-refractivity contribution < 1.29 is 4.92 Å². The number of hydrogen-bond donors (Lipinski definition) is 1. The van der Waals surface area contributed by atoms with E-state index in [2.05, 4.69) is 10.2 Å². The molecule has 5 nitrogen and oxygen atoms in total. The lowest BCUT2D eigenvalue weighted by molar-refractivity contribution is -0.385. The van der Waals surface area contributed by atoms with Crippen molar-refractivity contribution in [3.05, 3.63) is 57.9 Å². The highest BCUT2D eigenvalue weighted by Gasteiger charge is 2.12. The zero-order chi connectivity index (χ0) is 10.7. The van der Waals surface area contributed by atoms with Crippen LogP contribution in [0.5, 0.6) is 0 Å². The van der Waals surface area contributed by atoms with Crippen LogP contribution in [0.1, 0.15) is 11.3 Å². The van der Waals surface area contributed by atoms with Crippen LogP contribution in [0.15, 0.2) is 36.5 Å². The van der Waals surface area contributed by atoms with E-state index < -0.39 is 0 Å². The average molecular weight is 203 g/mol. The van der Waals surface area contributed by atoms with Gasteiger partial charge in [0.05, 0.1) is 4.92 Å². The van der Waals surface area contributed by atoms with Crippen LogP contribution in [0.2, 0.25) is 0 Å². The van der Waals surface area contributed by atoms with Gasteiger partial charge in [0.15, 0.2) is 0 Å². The van der Waals surface area contributed by atoms with Crippen LogP contribution in [-0.2, 0) is 6.42 Å². The third-order valence-electron chi connectivity index (χ3n) is 2.13. The quantitative estimate of drug-likeness (QED) is 0.611. The highest BCUT2D eigenvalue weighted by atomic mass is 16.6. The van der Waals surface area contributed by atoms with Crippen molar-refractivity contribution in [2.45, 2.75) is 6.42 Å². The minimum Gasteiger partial charge on any atom is -0.282 e. The number of nitro groups is 1. The second kappa shape index (κ2) is 3.91. The first-order chi connectivity index (χ1) is 7.27. The monoisotopic (exact) mass is 203 g/mol. The van der Waals surface area contributed by atoms with E-state index in [1.165, 1.54) is 6.07 Å². The lowest BCUT2D eigenvalue weighted by atomic mass is 10.1. The zero-order valence-electron chi connectivity index (χ0n) is 7.88. The Morgan fingerprint density at radius 1 is 1.33 bits per heavy atom. The van der Waals surface area contributed by atoms with Crippen LogP contribution in [0.3, 0.4) is 0 Å². The normalized spacial score (nSPS) is 10.1. The predicted molar refractivity (Wildman–Crippen MR) is 54.5 cm³/mol. The minimum atomic E-state index is -0.369. The van der Waals surface area contributed by atoms with Crippen molar-refractivity contribution in [3.8, 4) is 0 Å². The third kappa shape index (κ3) is 2.01. The Morgan fingerprint density at radius 3 is 2.80 bits per heavy atom. The molecule has 0 bridgehead atoms. The molecule has 0 saturated carbocycles. The molecule has 1 aromatic carbocycles. The van der Waals surface area contributed by atoms with E-state index in [1.54, 1.807) is 30.5 Å². The molecule has 1 heterocycles. The number of aromatic amines is 1. The lowest BCUT2D eigenvalue weighted by Gasteiger charge is -2.00. The molecule has 0 unspecified atom stereocenters. The Kier molecular flexibility index (Phi) is 2.45. The van der Waals surface area contributed by atoms with Gasteiger partial charge in [0.1, 0.15) is 0 Å². The number of aromatic nitrogens is 2. The number of rotatable bonds is 3. The summed E-state index contributed by atoms with van der Waals surface area (Å²) in [6, 6.07) is 8.51. The smallest absolute Gasteiger partial charge is 0.272 e. The maximum Gasteiger partial charge on any atom is 0.272 e. The summed E-state index contributed by atoms with van der Waals surface area (Å²) in [4.78, 5) is 10.4. The molecule has 0 fully saturated rings. The van der Waals surface area contributed by atoms with Crippen LogP contribution in [-0.4, -0.2) is 15.1 Å². The van der Waals surface area contributed by atoms with Crippen LogP contribution in [0.4, 0.5) is 5.69 Å². The molecule has 0 aliphatic rings. The van der Waals surface area contributed by atoms with Gasteiger partial charge in [-0.2, -0.15) is 5.10 Å². The van der Waals surface area contributed by atoms with Gasteiger partial charge in [-0.25, -0.2) is 0 Å². The summed E-state index contributed by atoms with van der Waals surface area (Å²) in [6.45, 7) is 0. The Hall–Kier alpha value is -2.17.